The van der Waals surface area contributed by atoms with Crippen LogP contribution in [0.2, 0.25) is 0 Å². The standard InChI is InChI=1S/C22H34N2O3/c1-6-9-24-15(2)17(21-18(24)13-22(3,4)14-19(21)25)12-20(26)23-10-7-16(27-5)8-11-23/h16H,6-14H2,1-5H3. The molecule has 0 saturated carbocycles. The lowest BCUT2D eigenvalue weighted by molar-refractivity contribution is -0.132. The van der Waals surface area contributed by atoms with Gasteiger partial charge in [-0.25, -0.2) is 0 Å². The highest BCUT2D eigenvalue weighted by molar-refractivity contribution is 6.01. The van der Waals surface area contributed by atoms with E-state index in [0.29, 0.717) is 12.8 Å². The predicted molar refractivity (Wildman–Crippen MR) is 106 cm³/mol. The van der Waals surface area contributed by atoms with E-state index in [9.17, 15) is 9.59 Å². The first-order valence-corrected chi connectivity index (χ1v) is 10.3. The Morgan fingerprint density at radius 2 is 1.89 bits per heavy atom. The lowest BCUT2D eigenvalue weighted by Gasteiger charge is -2.32. The average molecular weight is 375 g/mol. The number of aromatic nitrogens is 1. The van der Waals surface area contributed by atoms with E-state index >= 15 is 0 Å². The number of methoxy groups -OCH3 is 1. The molecular formula is C22H34N2O3. The van der Waals surface area contributed by atoms with Crippen LogP contribution in [0.1, 0.15) is 73.8 Å². The average Bonchev–Trinajstić information content (AvgIpc) is 2.86. The third kappa shape index (κ3) is 3.98. The summed E-state index contributed by atoms with van der Waals surface area (Å²) in [5.41, 5.74) is 4.06. The van der Waals surface area contributed by atoms with Gasteiger partial charge < -0.3 is 14.2 Å². The molecule has 27 heavy (non-hydrogen) atoms. The summed E-state index contributed by atoms with van der Waals surface area (Å²) in [6, 6.07) is 0. The van der Waals surface area contributed by atoms with E-state index in [4.69, 9.17) is 4.74 Å². The van der Waals surface area contributed by atoms with Gasteiger partial charge in [0.2, 0.25) is 5.91 Å². The monoisotopic (exact) mass is 374 g/mol. The van der Waals surface area contributed by atoms with Crippen LogP contribution < -0.4 is 0 Å². The number of hydrogen-bond acceptors (Lipinski definition) is 3. The highest BCUT2D eigenvalue weighted by Crippen LogP contribution is 2.39. The largest absolute Gasteiger partial charge is 0.381 e. The summed E-state index contributed by atoms with van der Waals surface area (Å²) in [6.45, 7) is 11.0. The summed E-state index contributed by atoms with van der Waals surface area (Å²) >= 11 is 0. The normalized spacial score (nSPS) is 20.0. The number of ketones is 1. The first-order chi connectivity index (χ1) is 12.8. The Balaban J connectivity index is 1.88. The van der Waals surface area contributed by atoms with Gasteiger partial charge in [-0.3, -0.25) is 9.59 Å². The van der Waals surface area contributed by atoms with Gasteiger partial charge >= 0.3 is 0 Å². The molecule has 0 unspecified atom stereocenters. The Morgan fingerprint density at radius 3 is 2.48 bits per heavy atom. The van der Waals surface area contributed by atoms with Crippen molar-refractivity contribution < 1.29 is 14.3 Å². The molecule has 1 amide bonds. The zero-order chi connectivity index (χ0) is 19.8. The fraction of sp³-hybridized carbons (Fsp3) is 0.727. The van der Waals surface area contributed by atoms with Gasteiger partial charge in [0.25, 0.3) is 0 Å². The summed E-state index contributed by atoms with van der Waals surface area (Å²) < 4.78 is 7.71. The molecule has 0 aromatic carbocycles. The minimum absolute atomic E-state index is 0.0102. The number of fused-ring (bicyclic) bond motifs is 1. The maximum absolute atomic E-state index is 13.0. The first-order valence-electron chi connectivity index (χ1n) is 10.3. The number of carbonyl (C=O) groups excluding carboxylic acids is 2. The second-order valence-corrected chi connectivity index (χ2v) is 8.97. The van der Waals surface area contributed by atoms with Crippen LogP contribution in [0.15, 0.2) is 0 Å². The van der Waals surface area contributed by atoms with E-state index in [0.717, 1.165) is 67.8 Å². The minimum atomic E-state index is -0.0102. The summed E-state index contributed by atoms with van der Waals surface area (Å²) in [6.07, 6.45) is 4.88. The molecule has 5 heteroatoms. The van der Waals surface area contributed by atoms with Crippen LogP contribution in [0.25, 0.3) is 0 Å². The molecule has 2 heterocycles. The van der Waals surface area contributed by atoms with Gasteiger partial charge in [-0.15, -0.1) is 0 Å². The van der Waals surface area contributed by atoms with E-state index in [1.165, 1.54) is 0 Å². The predicted octanol–water partition coefficient (Wildman–Crippen LogP) is 3.54. The minimum Gasteiger partial charge on any atom is -0.381 e. The summed E-state index contributed by atoms with van der Waals surface area (Å²) in [7, 11) is 1.74. The van der Waals surface area contributed by atoms with Crippen molar-refractivity contribution in [2.24, 2.45) is 5.41 Å². The number of rotatable bonds is 5. The Hall–Kier alpha value is -1.62. The lowest BCUT2D eigenvalue weighted by atomic mass is 9.75. The van der Waals surface area contributed by atoms with Gasteiger partial charge in [0, 0.05) is 50.1 Å². The Kier molecular flexibility index (Phi) is 5.80. The van der Waals surface area contributed by atoms with E-state index in [2.05, 4.69) is 32.3 Å². The van der Waals surface area contributed by atoms with Crippen molar-refractivity contribution in [2.45, 2.75) is 78.9 Å². The van der Waals surface area contributed by atoms with Gasteiger partial charge in [0.05, 0.1) is 12.5 Å². The number of Topliss-reactive ketones (excluding diaryl/α,β-unsaturated/α-hetero) is 1. The molecule has 3 rings (SSSR count). The molecule has 0 spiro atoms. The van der Waals surface area contributed by atoms with Gasteiger partial charge in [0.15, 0.2) is 5.78 Å². The molecule has 0 N–H and O–H groups in total. The number of amides is 1. The summed E-state index contributed by atoms with van der Waals surface area (Å²) in [5, 5.41) is 0. The van der Waals surface area contributed by atoms with Gasteiger partial charge in [-0.05, 0) is 43.6 Å². The number of carbonyl (C=O) groups is 2. The maximum atomic E-state index is 13.0. The zero-order valence-corrected chi connectivity index (χ0v) is 17.6. The van der Waals surface area contributed by atoms with Crippen LogP contribution in [0.4, 0.5) is 0 Å². The molecule has 5 nitrogen and oxygen atoms in total. The van der Waals surface area contributed by atoms with Crippen LogP contribution in [0, 0.1) is 12.3 Å². The van der Waals surface area contributed by atoms with Crippen LogP contribution in [0.3, 0.4) is 0 Å². The topological polar surface area (TPSA) is 51.5 Å². The molecule has 0 atom stereocenters. The highest BCUT2D eigenvalue weighted by atomic mass is 16.5. The number of hydrogen-bond donors (Lipinski definition) is 0. The van der Waals surface area contributed by atoms with Gasteiger partial charge in [-0.1, -0.05) is 20.8 Å². The van der Waals surface area contributed by atoms with Crippen LogP contribution in [-0.2, 0) is 28.9 Å². The third-order valence-electron chi connectivity index (χ3n) is 6.22. The van der Waals surface area contributed by atoms with Crippen molar-refractivity contribution in [3.63, 3.8) is 0 Å². The SMILES string of the molecule is CCCn1c(C)c(CC(=O)N2CCC(OC)CC2)c2c1CC(C)(C)CC2=O. The lowest BCUT2D eigenvalue weighted by Crippen LogP contribution is -2.41. The van der Waals surface area contributed by atoms with Crippen molar-refractivity contribution in [3.05, 3.63) is 22.5 Å². The van der Waals surface area contributed by atoms with Gasteiger partial charge in [-0.2, -0.15) is 0 Å². The van der Waals surface area contributed by atoms with Crippen molar-refractivity contribution in [1.29, 1.82) is 0 Å². The van der Waals surface area contributed by atoms with Crippen LogP contribution in [0.5, 0.6) is 0 Å². The highest BCUT2D eigenvalue weighted by Gasteiger charge is 2.37. The summed E-state index contributed by atoms with van der Waals surface area (Å²) in [5.74, 6) is 0.349. The molecule has 1 aromatic rings. The van der Waals surface area contributed by atoms with Crippen molar-refractivity contribution >= 4 is 11.7 Å². The number of ether oxygens (including phenoxy) is 1. The molecular weight excluding hydrogens is 340 g/mol. The zero-order valence-electron chi connectivity index (χ0n) is 17.6. The Bertz CT molecular complexity index is 724. The Morgan fingerprint density at radius 1 is 1.22 bits per heavy atom. The molecule has 1 aliphatic carbocycles. The number of nitrogens with zero attached hydrogens (tertiary/aromatic N) is 2. The smallest absolute Gasteiger partial charge is 0.227 e. The third-order valence-corrected chi connectivity index (χ3v) is 6.22. The van der Waals surface area contributed by atoms with Crippen LogP contribution in [-0.4, -0.2) is 47.5 Å². The molecule has 0 bridgehead atoms. The molecule has 1 saturated heterocycles. The van der Waals surface area contributed by atoms with E-state index in [1.807, 2.05) is 4.90 Å². The molecule has 0 radical (unpaired) electrons. The molecule has 1 aromatic heterocycles. The maximum Gasteiger partial charge on any atom is 0.227 e. The van der Waals surface area contributed by atoms with Crippen molar-refractivity contribution in [2.75, 3.05) is 20.2 Å². The van der Waals surface area contributed by atoms with E-state index in [1.54, 1.807) is 7.11 Å². The second-order valence-electron chi connectivity index (χ2n) is 8.97. The number of likely N-dealkylation sites (tertiary alicyclic amines) is 1. The fourth-order valence-electron chi connectivity index (χ4n) is 4.75. The van der Waals surface area contributed by atoms with Gasteiger partial charge in [0.1, 0.15) is 0 Å². The molecule has 150 valence electrons. The van der Waals surface area contributed by atoms with Crippen molar-refractivity contribution in [1.82, 2.24) is 9.47 Å². The molecule has 2 aliphatic rings. The molecule has 1 aliphatic heterocycles. The van der Waals surface area contributed by atoms with E-state index in [-0.39, 0.29) is 23.2 Å². The Labute approximate surface area is 163 Å². The first kappa shape index (κ1) is 20.1. The fourth-order valence-corrected chi connectivity index (χ4v) is 4.75. The summed E-state index contributed by atoms with van der Waals surface area (Å²) in [4.78, 5) is 27.9. The van der Waals surface area contributed by atoms with Crippen molar-refractivity contribution in [3.8, 4) is 0 Å². The van der Waals surface area contributed by atoms with Crippen LogP contribution >= 0.6 is 0 Å². The quantitative estimate of drug-likeness (QED) is 0.792. The number of piperidine rings is 1. The van der Waals surface area contributed by atoms with E-state index < -0.39 is 0 Å². The second kappa shape index (κ2) is 7.78. The molecule has 1 fully saturated rings.